The van der Waals surface area contributed by atoms with Crippen LogP contribution in [0.15, 0.2) is 18.2 Å². The molecule has 0 saturated carbocycles. The number of amides is 4. The first-order chi connectivity index (χ1) is 11.6. The lowest BCUT2D eigenvalue weighted by Crippen LogP contribution is -2.45. The van der Waals surface area contributed by atoms with Crippen molar-refractivity contribution < 1.29 is 14.0 Å². The van der Waals surface area contributed by atoms with Crippen molar-refractivity contribution in [2.24, 2.45) is 0 Å². The lowest BCUT2D eigenvalue weighted by atomic mass is 10.1. The number of likely N-dealkylation sites (tertiary alicyclic amines) is 1. The lowest BCUT2D eigenvalue weighted by Gasteiger charge is -2.19. The molecule has 0 aromatic heterocycles. The van der Waals surface area contributed by atoms with Crippen LogP contribution in [0.2, 0.25) is 0 Å². The molecule has 1 aliphatic heterocycles. The molecule has 3 N–H and O–H groups in total. The van der Waals surface area contributed by atoms with E-state index < -0.39 is 0 Å². The molecule has 6 nitrogen and oxygen atoms in total. The maximum Gasteiger partial charge on any atom is 0.317 e. The van der Waals surface area contributed by atoms with Crippen LogP contribution in [-0.4, -0.2) is 42.6 Å². The highest BCUT2D eigenvalue weighted by Crippen LogP contribution is 2.31. The molecule has 1 aliphatic carbocycles. The van der Waals surface area contributed by atoms with Gasteiger partial charge in [-0.3, -0.25) is 0 Å². The number of hydrogen-bond donors (Lipinski definition) is 3. The first kappa shape index (κ1) is 16.5. The van der Waals surface area contributed by atoms with Crippen molar-refractivity contribution in [3.8, 4) is 0 Å². The number of nitrogens with one attached hydrogen (secondary N) is 3. The predicted octanol–water partition coefficient (Wildman–Crippen LogP) is 1.92. The van der Waals surface area contributed by atoms with Crippen molar-refractivity contribution in [1.29, 1.82) is 0 Å². The summed E-state index contributed by atoms with van der Waals surface area (Å²) in [4.78, 5) is 25.7. The van der Waals surface area contributed by atoms with Gasteiger partial charge in [-0.2, -0.15) is 0 Å². The third kappa shape index (κ3) is 3.60. The van der Waals surface area contributed by atoms with Crippen molar-refractivity contribution in [3.63, 3.8) is 0 Å². The molecule has 1 heterocycles. The molecule has 0 unspecified atom stereocenters. The summed E-state index contributed by atoms with van der Waals surface area (Å²) in [7, 11) is 0. The number of halogens is 1. The van der Waals surface area contributed by atoms with E-state index in [4.69, 9.17) is 0 Å². The molecule has 1 aromatic carbocycles. The third-order valence-electron chi connectivity index (χ3n) is 4.63. The normalized spacial score (nSPS) is 22.2. The number of urea groups is 2. The fourth-order valence-corrected chi connectivity index (χ4v) is 3.43. The predicted molar refractivity (Wildman–Crippen MR) is 88.2 cm³/mol. The topological polar surface area (TPSA) is 73.5 Å². The second-order valence-corrected chi connectivity index (χ2v) is 6.32. The van der Waals surface area contributed by atoms with E-state index in [0.29, 0.717) is 19.6 Å². The molecule has 0 radical (unpaired) electrons. The number of fused-ring (bicyclic) bond motifs is 1. The highest BCUT2D eigenvalue weighted by molar-refractivity contribution is 5.76. The van der Waals surface area contributed by atoms with Crippen LogP contribution in [-0.2, 0) is 6.42 Å². The Morgan fingerprint density at radius 2 is 2.12 bits per heavy atom. The summed E-state index contributed by atoms with van der Waals surface area (Å²) < 4.78 is 13.4. The zero-order chi connectivity index (χ0) is 17.1. The largest absolute Gasteiger partial charge is 0.338 e. The summed E-state index contributed by atoms with van der Waals surface area (Å²) in [6.45, 7) is 3.61. The van der Waals surface area contributed by atoms with Gasteiger partial charge in [-0.15, -0.1) is 0 Å². The van der Waals surface area contributed by atoms with Crippen LogP contribution in [0.25, 0.3) is 0 Å². The summed E-state index contributed by atoms with van der Waals surface area (Å²) in [6, 6.07) is 4.17. The Morgan fingerprint density at radius 1 is 1.29 bits per heavy atom. The minimum atomic E-state index is -0.281. The SMILES string of the molecule is CCNC(=O)N1CC[C@H](NC(=O)N[C@H]2CCc3ccc(F)cc32)C1. The molecule has 4 amide bonds. The molecule has 2 atom stereocenters. The molecule has 24 heavy (non-hydrogen) atoms. The summed E-state index contributed by atoms with van der Waals surface area (Å²) in [5.41, 5.74) is 1.95. The van der Waals surface area contributed by atoms with Gasteiger partial charge in [-0.25, -0.2) is 14.0 Å². The molecule has 130 valence electrons. The Morgan fingerprint density at radius 3 is 2.92 bits per heavy atom. The van der Waals surface area contributed by atoms with Gasteiger partial charge in [0.2, 0.25) is 0 Å². The third-order valence-corrected chi connectivity index (χ3v) is 4.63. The van der Waals surface area contributed by atoms with Crippen molar-refractivity contribution in [1.82, 2.24) is 20.9 Å². The van der Waals surface area contributed by atoms with Gasteiger partial charge < -0.3 is 20.9 Å². The summed E-state index contributed by atoms with van der Waals surface area (Å²) in [5.74, 6) is -0.281. The van der Waals surface area contributed by atoms with Gasteiger partial charge in [-0.05, 0) is 49.4 Å². The molecule has 0 spiro atoms. The number of aryl methyl sites for hydroxylation is 1. The first-order valence-corrected chi connectivity index (χ1v) is 8.45. The number of carbonyl (C=O) groups excluding carboxylic acids is 2. The van der Waals surface area contributed by atoms with Crippen molar-refractivity contribution in [2.75, 3.05) is 19.6 Å². The number of nitrogens with zero attached hydrogens (tertiary/aromatic N) is 1. The molecule has 2 aliphatic rings. The summed E-state index contributed by atoms with van der Waals surface area (Å²) in [5, 5.41) is 8.59. The zero-order valence-corrected chi connectivity index (χ0v) is 13.8. The van der Waals surface area contributed by atoms with E-state index in [1.807, 2.05) is 6.92 Å². The van der Waals surface area contributed by atoms with Crippen molar-refractivity contribution in [3.05, 3.63) is 35.1 Å². The van der Waals surface area contributed by atoms with E-state index in [1.165, 1.54) is 12.1 Å². The lowest BCUT2D eigenvalue weighted by molar-refractivity contribution is 0.207. The smallest absolute Gasteiger partial charge is 0.317 e. The fourth-order valence-electron chi connectivity index (χ4n) is 3.43. The second kappa shape index (κ2) is 7.07. The highest BCUT2D eigenvalue weighted by Gasteiger charge is 2.29. The van der Waals surface area contributed by atoms with E-state index in [0.717, 1.165) is 30.4 Å². The van der Waals surface area contributed by atoms with E-state index >= 15 is 0 Å². The minimum Gasteiger partial charge on any atom is -0.338 e. The Balaban J connectivity index is 1.51. The fraction of sp³-hybridized carbons (Fsp3) is 0.529. The van der Waals surface area contributed by atoms with Gasteiger partial charge >= 0.3 is 12.1 Å². The van der Waals surface area contributed by atoms with E-state index in [9.17, 15) is 14.0 Å². The average Bonchev–Trinajstić information content (AvgIpc) is 3.15. The van der Waals surface area contributed by atoms with Gasteiger partial charge in [0, 0.05) is 25.7 Å². The molecule has 1 fully saturated rings. The molecule has 1 saturated heterocycles. The number of hydrogen-bond acceptors (Lipinski definition) is 2. The van der Waals surface area contributed by atoms with Gasteiger partial charge in [0.05, 0.1) is 6.04 Å². The van der Waals surface area contributed by atoms with Gasteiger partial charge in [-0.1, -0.05) is 6.07 Å². The van der Waals surface area contributed by atoms with Crippen LogP contribution in [0.4, 0.5) is 14.0 Å². The van der Waals surface area contributed by atoms with Crippen molar-refractivity contribution >= 4 is 12.1 Å². The minimum absolute atomic E-state index is 0.0546. The number of carbonyl (C=O) groups is 2. The van der Waals surface area contributed by atoms with Crippen LogP contribution in [0.1, 0.15) is 36.9 Å². The highest BCUT2D eigenvalue weighted by atomic mass is 19.1. The van der Waals surface area contributed by atoms with Gasteiger partial charge in [0.1, 0.15) is 5.82 Å². The average molecular weight is 334 g/mol. The molecular formula is C17H23FN4O2. The standard InChI is InChI=1S/C17H23FN4O2/c1-2-19-17(24)22-8-7-13(10-22)20-16(23)21-15-6-4-11-3-5-12(18)9-14(11)15/h3,5,9,13,15H,2,4,6-8,10H2,1H3,(H,19,24)(H2,20,21,23)/t13-,15-/m0/s1. The van der Waals surface area contributed by atoms with E-state index in [1.54, 1.807) is 11.0 Å². The van der Waals surface area contributed by atoms with Crippen LogP contribution in [0, 0.1) is 5.82 Å². The Labute approximate surface area is 140 Å². The quantitative estimate of drug-likeness (QED) is 0.790. The maximum atomic E-state index is 13.4. The summed E-state index contributed by atoms with van der Waals surface area (Å²) >= 11 is 0. The Bertz CT molecular complexity index is 637. The van der Waals surface area contributed by atoms with Crippen LogP contribution in [0.5, 0.6) is 0 Å². The maximum absolute atomic E-state index is 13.4. The van der Waals surface area contributed by atoms with Gasteiger partial charge in [0.25, 0.3) is 0 Å². The van der Waals surface area contributed by atoms with Crippen LogP contribution >= 0.6 is 0 Å². The molecular weight excluding hydrogens is 311 g/mol. The Kier molecular flexibility index (Phi) is 4.87. The summed E-state index contributed by atoms with van der Waals surface area (Å²) in [6.07, 6.45) is 2.36. The van der Waals surface area contributed by atoms with Gasteiger partial charge in [0.15, 0.2) is 0 Å². The van der Waals surface area contributed by atoms with Crippen molar-refractivity contribution in [2.45, 2.75) is 38.3 Å². The zero-order valence-electron chi connectivity index (χ0n) is 13.8. The van der Waals surface area contributed by atoms with E-state index in [2.05, 4.69) is 16.0 Å². The Hall–Kier alpha value is -2.31. The monoisotopic (exact) mass is 334 g/mol. The molecule has 3 rings (SSSR count). The first-order valence-electron chi connectivity index (χ1n) is 8.45. The second-order valence-electron chi connectivity index (χ2n) is 6.32. The number of rotatable bonds is 3. The molecule has 0 bridgehead atoms. The van der Waals surface area contributed by atoms with Crippen LogP contribution < -0.4 is 16.0 Å². The van der Waals surface area contributed by atoms with Crippen LogP contribution in [0.3, 0.4) is 0 Å². The number of benzene rings is 1. The molecule has 7 heteroatoms. The molecule has 1 aromatic rings. The van der Waals surface area contributed by atoms with E-state index in [-0.39, 0.29) is 30.0 Å².